The number of aromatic amines is 1. The highest BCUT2D eigenvalue weighted by molar-refractivity contribution is 5.99. The third-order valence-electron chi connectivity index (χ3n) is 4.66. The van der Waals surface area contributed by atoms with Gasteiger partial charge in [0.05, 0.1) is 18.0 Å². The Morgan fingerprint density at radius 1 is 1.23 bits per heavy atom. The number of H-pyrrole nitrogens is 1. The highest BCUT2D eigenvalue weighted by atomic mass is 19.4. The molecule has 2 N–H and O–H groups in total. The minimum Gasteiger partial charge on any atom is -0.480 e. The van der Waals surface area contributed by atoms with Crippen LogP contribution in [0.3, 0.4) is 0 Å². The SMILES string of the molecule is COc1nc(N[C@H](C)C(F)(F)F)nc2[nH]cc(-c3ccc4nnn(CC(F)F)c4c3)c12. The Hall–Kier alpha value is -3.51. The van der Waals surface area contributed by atoms with E-state index in [2.05, 4.69) is 30.6 Å². The van der Waals surface area contributed by atoms with Crippen LogP contribution in [-0.2, 0) is 6.54 Å². The molecule has 0 amide bonds. The van der Waals surface area contributed by atoms with Gasteiger partial charge in [0, 0.05) is 11.8 Å². The molecule has 0 aliphatic carbocycles. The maximum absolute atomic E-state index is 12.9. The third kappa shape index (κ3) is 3.94. The monoisotopic (exact) mass is 441 g/mol. The van der Waals surface area contributed by atoms with Crippen LogP contribution in [0.2, 0.25) is 0 Å². The van der Waals surface area contributed by atoms with Crippen LogP contribution < -0.4 is 10.1 Å². The fraction of sp³-hybridized carbons (Fsp3) is 0.333. The van der Waals surface area contributed by atoms with Crippen molar-refractivity contribution in [2.24, 2.45) is 0 Å². The van der Waals surface area contributed by atoms with Crippen molar-refractivity contribution in [2.75, 3.05) is 12.4 Å². The number of benzene rings is 1. The molecule has 0 aliphatic heterocycles. The van der Waals surface area contributed by atoms with E-state index >= 15 is 0 Å². The first-order chi connectivity index (χ1) is 14.7. The fourth-order valence-electron chi connectivity index (χ4n) is 3.11. The number of anilines is 1. The molecule has 0 saturated carbocycles. The zero-order chi connectivity index (χ0) is 22.3. The molecule has 8 nitrogen and oxygen atoms in total. The van der Waals surface area contributed by atoms with Gasteiger partial charge in [0.1, 0.15) is 23.8 Å². The van der Waals surface area contributed by atoms with Crippen molar-refractivity contribution in [2.45, 2.75) is 32.1 Å². The van der Waals surface area contributed by atoms with Gasteiger partial charge in [0.2, 0.25) is 11.8 Å². The Balaban J connectivity index is 1.78. The van der Waals surface area contributed by atoms with Crippen LogP contribution in [0.5, 0.6) is 5.88 Å². The molecule has 0 radical (unpaired) electrons. The van der Waals surface area contributed by atoms with E-state index in [1.807, 2.05) is 0 Å². The van der Waals surface area contributed by atoms with Gasteiger partial charge in [-0.1, -0.05) is 11.3 Å². The minimum absolute atomic E-state index is 0.0532. The first kappa shape index (κ1) is 20.8. The van der Waals surface area contributed by atoms with Crippen molar-refractivity contribution < 1.29 is 26.7 Å². The Labute approximate surface area is 171 Å². The van der Waals surface area contributed by atoms with E-state index in [0.717, 1.165) is 11.6 Å². The van der Waals surface area contributed by atoms with Gasteiger partial charge in [-0.3, -0.25) is 0 Å². The van der Waals surface area contributed by atoms with E-state index in [4.69, 9.17) is 4.74 Å². The Kier molecular flexibility index (Phi) is 5.11. The number of aromatic nitrogens is 6. The molecular formula is C18H16F5N7O. The Morgan fingerprint density at radius 3 is 2.68 bits per heavy atom. The largest absolute Gasteiger partial charge is 0.480 e. The number of hydrogen-bond donors (Lipinski definition) is 2. The van der Waals surface area contributed by atoms with E-state index in [1.165, 1.54) is 7.11 Å². The van der Waals surface area contributed by atoms with Gasteiger partial charge in [-0.15, -0.1) is 5.10 Å². The number of methoxy groups -OCH3 is 1. The van der Waals surface area contributed by atoms with Crippen LogP contribution >= 0.6 is 0 Å². The lowest BCUT2D eigenvalue weighted by atomic mass is 10.1. The standard InChI is InChI=1S/C18H16F5N7O/c1-8(18(21,22)23)25-17-26-15-14(16(27-17)31-2)10(6-24-15)9-3-4-11-12(5-9)30(29-28-11)7-13(19)20/h3-6,8,13H,7H2,1-2H3,(H2,24,25,26,27)/t8-/m1/s1. The average molecular weight is 441 g/mol. The molecule has 0 unspecified atom stereocenters. The van der Waals surface area contributed by atoms with Crippen molar-refractivity contribution in [1.82, 2.24) is 29.9 Å². The topological polar surface area (TPSA) is 93.5 Å². The van der Waals surface area contributed by atoms with Gasteiger partial charge in [0.25, 0.3) is 6.43 Å². The highest BCUT2D eigenvalue weighted by Crippen LogP contribution is 2.35. The van der Waals surface area contributed by atoms with E-state index < -0.39 is 25.2 Å². The van der Waals surface area contributed by atoms with Crippen LogP contribution in [0, 0.1) is 0 Å². The second-order valence-corrected chi connectivity index (χ2v) is 6.76. The van der Waals surface area contributed by atoms with Crippen molar-refractivity contribution in [1.29, 1.82) is 0 Å². The number of rotatable bonds is 6. The lowest BCUT2D eigenvalue weighted by molar-refractivity contribution is -0.138. The highest BCUT2D eigenvalue weighted by Gasteiger charge is 2.36. The summed E-state index contributed by atoms with van der Waals surface area (Å²) >= 11 is 0. The number of nitrogens with one attached hydrogen (secondary N) is 2. The molecule has 0 saturated heterocycles. The fourth-order valence-corrected chi connectivity index (χ4v) is 3.11. The molecule has 31 heavy (non-hydrogen) atoms. The van der Waals surface area contributed by atoms with Crippen LogP contribution in [0.15, 0.2) is 24.4 Å². The molecule has 3 aromatic heterocycles. The summed E-state index contributed by atoms with van der Waals surface area (Å²) in [5.74, 6) is -0.199. The Morgan fingerprint density at radius 2 is 2.00 bits per heavy atom. The number of hydrogen-bond acceptors (Lipinski definition) is 6. The summed E-state index contributed by atoms with van der Waals surface area (Å²) in [7, 11) is 1.33. The second kappa shape index (κ2) is 7.63. The van der Waals surface area contributed by atoms with Gasteiger partial charge in [-0.2, -0.15) is 23.1 Å². The predicted molar refractivity (Wildman–Crippen MR) is 102 cm³/mol. The predicted octanol–water partition coefficient (Wildman–Crippen LogP) is 4.01. The normalized spacial score (nSPS) is 13.3. The molecular weight excluding hydrogens is 425 g/mol. The van der Waals surface area contributed by atoms with Crippen LogP contribution in [0.4, 0.5) is 27.9 Å². The molecule has 0 aliphatic rings. The maximum Gasteiger partial charge on any atom is 0.408 e. The second-order valence-electron chi connectivity index (χ2n) is 6.76. The number of fused-ring (bicyclic) bond motifs is 2. The molecule has 1 aromatic carbocycles. The van der Waals surface area contributed by atoms with Gasteiger partial charge in [0.15, 0.2) is 0 Å². The molecule has 0 bridgehead atoms. The lowest BCUT2D eigenvalue weighted by Gasteiger charge is -2.17. The van der Waals surface area contributed by atoms with Crippen molar-refractivity contribution in [3.8, 4) is 17.0 Å². The van der Waals surface area contributed by atoms with E-state index in [9.17, 15) is 22.0 Å². The van der Waals surface area contributed by atoms with E-state index in [0.29, 0.717) is 27.5 Å². The number of nitrogens with zero attached hydrogens (tertiary/aromatic N) is 5. The van der Waals surface area contributed by atoms with E-state index in [-0.39, 0.29) is 17.5 Å². The number of halogens is 5. The summed E-state index contributed by atoms with van der Waals surface area (Å²) in [5, 5.41) is 10.3. The molecule has 164 valence electrons. The summed E-state index contributed by atoms with van der Waals surface area (Å²) in [4.78, 5) is 11.0. The van der Waals surface area contributed by atoms with Crippen molar-refractivity contribution in [3.63, 3.8) is 0 Å². The summed E-state index contributed by atoms with van der Waals surface area (Å²) in [6.45, 7) is 0.346. The maximum atomic E-state index is 12.9. The third-order valence-corrected chi connectivity index (χ3v) is 4.66. The summed E-state index contributed by atoms with van der Waals surface area (Å²) in [6.07, 6.45) is -5.49. The molecule has 4 rings (SSSR count). The van der Waals surface area contributed by atoms with Crippen molar-refractivity contribution in [3.05, 3.63) is 24.4 Å². The molecule has 13 heteroatoms. The quantitative estimate of drug-likeness (QED) is 0.440. The van der Waals surface area contributed by atoms with Crippen LogP contribution in [0.25, 0.3) is 33.2 Å². The smallest absolute Gasteiger partial charge is 0.408 e. The number of ether oxygens (including phenoxy) is 1. The van der Waals surface area contributed by atoms with Gasteiger partial charge < -0.3 is 15.0 Å². The average Bonchev–Trinajstić information content (AvgIpc) is 3.30. The minimum atomic E-state index is -4.48. The molecule has 1 atom stereocenters. The van der Waals surface area contributed by atoms with Crippen LogP contribution in [-0.4, -0.2) is 55.7 Å². The van der Waals surface area contributed by atoms with Gasteiger partial charge >= 0.3 is 6.18 Å². The van der Waals surface area contributed by atoms with Crippen molar-refractivity contribution >= 4 is 28.0 Å². The molecule has 0 spiro atoms. The zero-order valence-electron chi connectivity index (χ0n) is 16.2. The first-order valence-corrected chi connectivity index (χ1v) is 9.05. The molecule has 3 heterocycles. The summed E-state index contributed by atoms with van der Waals surface area (Å²) in [6, 6.07) is 3.11. The molecule has 0 fully saturated rings. The van der Waals surface area contributed by atoms with Gasteiger partial charge in [-0.05, 0) is 24.6 Å². The summed E-state index contributed by atoms with van der Waals surface area (Å²) < 4.78 is 70.6. The van der Waals surface area contributed by atoms with Gasteiger partial charge in [-0.25, -0.2) is 13.5 Å². The lowest BCUT2D eigenvalue weighted by Crippen LogP contribution is -2.33. The number of alkyl halides is 5. The first-order valence-electron chi connectivity index (χ1n) is 9.05. The van der Waals surface area contributed by atoms with Crippen LogP contribution in [0.1, 0.15) is 6.92 Å². The summed E-state index contributed by atoms with van der Waals surface area (Å²) in [5.41, 5.74) is 2.29. The van der Waals surface area contributed by atoms with E-state index in [1.54, 1.807) is 24.4 Å². The zero-order valence-corrected chi connectivity index (χ0v) is 16.2. The Bertz CT molecular complexity index is 1230. The molecule has 4 aromatic rings.